The molecule has 12 heteroatoms. The van der Waals surface area contributed by atoms with Crippen LogP contribution in [0.1, 0.15) is 11.4 Å². The lowest BCUT2D eigenvalue weighted by Crippen LogP contribution is -2.29. The number of thioether (sulfide) groups is 1. The molecule has 0 spiro atoms. The van der Waals surface area contributed by atoms with Crippen LogP contribution in [-0.2, 0) is 12.3 Å². The smallest absolute Gasteiger partial charge is 0.319 e. The maximum atomic E-state index is 13.8. The van der Waals surface area contributed by atoms with E-state index in [-0.39, 0.29) is 18.0 Å². The van der Waals surface area contributed by atoms with Crippen molar-refractivity contribution in [3.8, 4) is 5.69 Å². The maximum absolute atomic E-state index is 13.8. The van der Waals surface area contributed by atoms with Gasteiger partial charge in [-0.15, -0.1) is 10.2 Å². The van der Waals surface area contributed by atoms with Crippen LogP contribution in [0.4, 0.5) is 23.7 Å². The van der Waals surface area contributed by atoms with Gasteiger partial charge in [-0.25, -0.2) is 18.0 Å². The van der Waals surface area contributed by atoms with E-state index in [0.29, 0.717) is 38.5 Å². The summed E-state index contributed by atoms with van der Waals surface area (Å²) in [5.41, 5.74) is 1.22. The van der Waals surface area contributed by atoms with Crippen LogP contribution in [0.2, 0.25) is 10.0 Å². The van der Waals surface area contributed by atoms with E-state index in [9.17, 15) is 18.0 Å². The lowest BCUT2D eigenvalue weighted by molar-refractivity contribution is 0.251. The zero-order chi connectivity index (χ0) is 24.9. The minimum absolute atomic E-state index is 0.0856. The third kappa shape index (κ3) is 6.27. The van der Waals surface area contributed by atoms with E-state index in [4.69, 9.17) is 23.2 Å². The summed E-state index contributed by atoms with van der Waals surface area (Å²) in [5.74, 6) is -1.18. The largest absolute Gasteiger partial charge is 0.331 e. The van der Waals surface area contributed by atoms with Crippen LogP contribution < -0.4 is 10.6 Å². The van der Waals surface area contributed by atoms with Gasteiger partial charge >= 0.3 is 6.03 Å². The van der Waals surface area contributed by atoms with Crippen molar-refractivity contribution in [1.29, 1.82) is 0 Å². The summed E-state index contributed by atoms with van der Waals surface area (Å²) in [6.07, 6.45) is 0. The first kappa shape index (κ1) is 24.9. The van der Waals surface area contributed by atoms with Gasteiger partial charge in [0.15, 0.2) is 11.0 Å². The molecular formula is C23H16Cl2F3N5OS. The fraction of sp³-hybridized carbons (Fsp3) is 0.0870. The quantitative estimate of drug-likeness (QED) is 0.260. The predicted molar refractivity (Wildman–Crippen MR) is 130 cm³/mol. The van der Waals surface area contributed by atoms with Crippen LogP contribution in [0.15, 0.2) is 65.8 Å². The number of anilines is 1. The molecule has 0 aliphatic rings. The molecule has 2 amide bonds. The first-order valence-electron chi connectivity index (χ1n) is 10.1. The molecule has 0 fully saturated rings. The summed E-state index contributed by atoms with van der Waals surface area (Å²) in [4.78, 5) is 12.3. The molecule has 0 unspecified atom stereocenters. The van der Waals surface area contributed by atoms with Gasteiger partial charge in [-0.1, -0.05) is 47.1 Å². The summed E-state index contributed by atoms with van der Waals surface area (Å²) >= 11 is 13.8. The number of nitrogens with one attached hydrogen (secondary N) is 2. The standard InChI is InChI=1S/C23H16Cl2F3N5OS/c24-14-3-8-20(17(25)9-14)33-21(11-29-22(34)30-19-7-6-16(27)10-18(19)28)31-32-23(33)35-12-13-1-4-15(26)5-2-13/h1-10H,11-12H2,(H2,29,30,34). The second-order valence-electron chi connectivity index (χ2n) is 7.18. The summed E-state index contributed by atoms with van der Waals surface area (Å²) in [7, 11) is 0. The Balaban J connectivity index is 1.55. The molecule has 0 bridgehead atoms. The molecule has 6 nitrogen and oxygen atoms in total. The minimum Gasteiger partial charge on any atom is -0.331 e. The molecule has 1 aromatic heterocycles. The third-order valence-corrected chi connectivity index (χ3v) is 6.26. The van der Waals surface area contributed by atoms with Crippen molar-refractivity contribution in [1.82, 2.24) is 20.1 Å². The summed E-state index contributed by atoms with van der Waals surface area (Å²) in [6.45, 7) is -0.0856. The van der Waals surface area contributed by atoms with E-state index >= 15 is 0 Å². The number of benzene rings is 3. The number of aromatic nitrogens is 3. The van der Waals surface area contributed by atoms with Crippen molar-refractivity contribution in [2.24, 2.45) is 0 Å². The van der Waals surface area contributed by atoms with Gasteiger partial charge in [-0.2, -0.15) is 0 Å². The maximum Gasteiger partial charge on any atom is 0.319 e. The number of amides is 2. The van der Waals surface area contributed by atoms with Crippen LogP contribution in [0.5, 0.6) is 0 Å². The van der Waals surface area contributed by atoms with E-state index in [1.54, 1.807) is 34.9 Å². The van der Waals surface area contributed by atoms with Gasteiger partial charge in [0.25, 0.3) is 0 Å². The second kappa shape index (κ2) is 11.0. The Kier molecular flexibility index (Phi) is 7.84. The minimum atomic E-state index is -0.907. The van der Waals surface area contributed by atoms with Crippen LogP contribution in [0, 0.1) is 17.5 Å². The monoisotopic (exact) mass is 537 g/mol. The second-order valence-corrected chi connectivity index (χ2v) is 8.96. The molecule has 0 aliphatic carbocycles. The summed E-state index contributed by atoms with van der Waals surface area (Å²) in [6, 6.07) is 13.1. The number of nitrogens with zero attached hydrogens (tertiary/aromatic N) is 3. The molecule has 0 saturated heterocycles. The van der Waals surface area contributed by atoms with Gasteiger partial charge in [0.2, 0.25) is 0 Å². The predicted octanol–water partition coefficient (Wildman–Crippen LogP) is 6.61. The zero-order valence-corrected chi connectivity index (χ0v) is 20.1. The molecule has 0 atom stereocenters. The van der Waals surface area contributed by atoms with E-state index in [1.165, 1.54) is 23.9 Å². The van der Waals surface area contributed by atoms with Crippen LogP contribution in [0.25, 0.3) is 5.69 Å². The van der Waals surface area contributed by atoms with E-state index in [1.807, 2.05) is 0 Å². The molecule has 0 aliphatic heterocycles. The Morgan fingerprint density at radius 1 is 0.943 bits per heavy atom. The summed E-state index contributed by atoms with van der Waals surface area (Å²) < 4.78 is 41.8. The molecule has 0 radical (unpaired) electrons. The normalized spacial score (nSPS) is 10.9. The first-order chi connectivity index (χ1) is 16.8. The third-order valence-electron chi connectivity index (χ3n) is 4.72. The van der Waals surface area contributed by atoms with E-state index in [2.05, 4.69) is 20.8 Å². The number of urea groups is 1. The highest BCUT2D eigenvalue weighted by Gasteiger charge is 2.18. The fourth-order valence-electron chi connectivity index (χ4n) is 3.06. The Labute approximate surface area is 212 Å². The number of rotatable bonds is 7. The van der Waals surface area contributed by atoms with Gasteiger partial charge in [0.1, 0.15) is 17.5 Å². The highest BCUT2D eigenvalue weighted by Crippen LogP contribution is 2.30. The Morgan fingerprint density at radius 3 is 2.40 bits per heavy atom. The highest BCUT2D eigenvalue weighted by atomic mass is 35.5. The Morgan fingerprint density at radius 2 is 1.69 bits per heavy atom. The Bertz CT molecular complexity index is 1370. The lowest BCUT2D eigenvalue weighted by atomic mass is 10.2. The number of halogens is 5. The molecule has 35 heavy (non-hydrogen) atoms. The van der Waals surface area contributed by atoms with Gasteiger partial charge in [-0.05, 0) is 48.0 Å². The average Bonchev–Trinajstić information content (AvgIpc) is 3.22. The van der Waals surface area contributed by atoms with Crippen molar-refractivity contribution in [2.45, 2.75) is 17.5 Å². The van der Waals surface area contributed by atoms with Crippen molar-refractivity contribution in [3.05, 3.63) is 99.5 Å². The molecule has 3 aromatic carbocycles. The number of carbonyl (C=O) groups is 1. The Hall–Kier alpha value is -3.21. The van der Waals surface area contributed by atoms with Gasteiger partial charge < -0.3 is 10.6 Å². The number of carbonyl (C=O) groups excluding carboxylic acids is 1. The molecule has 1 heterocycles. The molecular weight excluding hydrogens is 522 g/mol. The topological polar surface area (TPSA) is 71.8 Å². The van der Waals surface area contributed by atoms with E-state index in [0.717, 1.165) is 17.7 Å². The molecule has 4 aromatic rings. The van der Waals surface area contributed by atoms with Crippen LogP contribution in [-0.4, -0.2) is 20.8 Å². The lowest BCUT2D eigenvalue weighted by Gasteiger charge is -2.13. The van der Waals surface area contributed by atoms with Crippen molar-refractivity contribution in [2.75, 3.05) is 5.32 Å². The SMILES string of the molecule is O=C(NCc1nnc(SCc2ccc(F)cc2)n1-c1ccc(Cl)cc1Cl)Nc1ccc(F)cc1F. The van der Waals surface area contributed by atoms with Gasteiger partial charge in [0, 0.05) is 16.8 Å². The molecule has 0 saturated carbocycles. The van der Waals surface area contributed by atoms with E-state index < -0.39 is 17.7 Å². The first-order valence-corrected chi connectivity index (χ1v) is 11.8. The molecule has 4 rings (SSSR count). The van der Waals surface area contributed by atoms with Gasteiger partial charge in [0.05, 0.1) is 22.9 Å². The zero-order valence-electron chi connectivity index (χ0n) is 17.7. The molecule has 2 N–H and O–H groups in total. The van der Waals surface area contributed by atoms with Crippen molar-refractivity contribution in [3.63, 3.8) is 0 Å². The highest BCUT2D eigenvalue weighted by molar-refractivity contribution is 7.98. The number of hydrogen-bond acceptors (Lipinski definition) is 4. The van der Waals surface area contributed by atoms with Gasteiger partial charge in [-0.3, -0.25) is 4.57 Å². The number of hydrogen-bond donors (Lipinski definition) is 2. The van der Waals surface area contributed by atoms with Crippen molar-refractivity contribution < 1.29 is 18.0 Å². The molecule has 180 valence electrons. The average molecular weight is 538 g/mol. The summed E-state index contributed by atoms with van der Waals surface area (Å²) in [5, 5.41) is 14.5. The fourth-order valence-corrected chi connectivity index (χ4v) is 4.47. The van der Waals surface area contributed by atoms with Crippen LogP contribution in [0.3, 0.4) is 0 Å². The van der Waals surface area contributed by atoms with Crippen LogP contribution >= 0.6 is 35.0 Å². The van der Waals surface area contributed by atoms with Crippen molar-refractivity contribution >= 4 is 46.7 Å².